The minimum absolute atomic E-state index is 0.0468. The molecular formula is C63H113NO5. The van der Waals surface area contributed by atoms with Gasteiger partial charge in [0.15, 0.2) is 0 Å². The third kappa shape index (κ3) is 51.5. The van der Waals surface area contributed by atoms with Crippen molar-refractivity contribution in [3.63, 3.8) is 0 Å². The van der Waals surface area contributed by atoms with Crippen LogP contribution >= 0.6 is 0 Å². The standard InChI is InChI=1S/C63H113NO5/c1-4-7-10-13-16-19-22-25-28-31-34-37-40-43-46-49-52-55-61(66)60(58-65)64-62(67)57-59(54-51-48-45-42-39-36-33-30-27-24-21-18-15-12-9-6-3)69-63(68)56-53-50-47-44-41-38-35-32-29-26-23-20-17-14-11-8-5-2/h17-18,20-21,24,26-27,29-30,33,36,39,59-61,65-66H,4-16,19,22-23,25,28,31-32,34-35,37-38,40-58H2,1-3H3,(H,64,67)/b20-17-,21-18+,27-24+,29-26-,33-30+,39-36+. The smallest absolute Gasteiger partial charge is 0.306 e. The second kappa shape index (κ2) is 56.2. The van der Waals surface area contributed by atoms with E-state index < -0.39 is 18.2 Å². The molecule has 0 saturated heterocycles. The van der Waals surface area contributed by atoms with Gasteiger partial charge in [-0.3, -0.25) is 9.59 Å². The molecule has 0 rings (SSSR count). The van der Waals surface area contributed by atoms with Crippen LogP contribution in [0.1, 0.15) is 290 Å². The van der Waals surface area contributed by atoms with Gasteiger partial charge >= 0.3 is 5.97 Å². The molecule has 0 radical (unpaired) electrons. The summed E-state index contributed by atoms with van der Waals surface area (Å²) in [5.41, 5.74) is 0. The summed E-state index contributed by atoms with van der Waals surface area (Å²) in [4.78, 5) is 26.3. The van der Waals surface area contributed by atoms with Gasteiger partial charge < -0.3 is 20.3 Å². The number of amides is 1. The van der Waals surface area contributed by atoms with Crippen molar-refractivity contribution in [2.24, 2.45) is 0 Å². The van der Waals surface area contributed by atoms with Crippen LogP contribution in [-0.4, -0.2) is 46.9 Å². The Labute approximate surface area is 428 Å². The molecule has 0 aliphatic rings. The summed E-state index contributed by atoms with van der Waals surface area (Å²) in [5, 5.41) is 23.9. The Balaban J connectivity index is 4.62. The van der Waals surface area contributed by atoms with Crippen LogP contribution in [0.4, 0.5) is 0 Å². The van der Waals surface area contributed by atoms with Gasteiger partial charge in [0.25, 0.3) is 0 Å². The zero-order valence-corrected chi connectivity index (χ0v) is 45.7. The quantitative estimate of drug-likeness (QED) is 0.0244. The zero-order valence-electron chi connectivity index (χ0n) is 45.7. The van der Waals surface area contributed by atoms with Crippen molar-refractivity contribution in [1.82, 2.24) is 5.32 Å². The topological polar surface area (TPSA) is 95.9 Å². The van der Waals surface area contributed by atoms with Crippen molar-refractivity contribution in [3.05, 3.63) is 72.9 Å². The highest BCUT2D eigenvalue weighted by molar-refractivity contribution is 5.77. The molecule has 0 aromatic heterocycles. The van der Waals surface area contributed by atoms with Gasteiger partial charge in [0, 0.05) is 6.42 Å². The Morgan fingerprint density at radius 2 is 0.797 bits per heavy atom. The van der Waals surface area contributed by atoms with Crippen LogP contribution in [0.15, 0.2) is 72.9 Å². The summed E-state index contributed by atoms with van der Waals surface area (Å²) in [7, 11) is 0. The normalized spacial score (nSPS) is 13.6. The first-order chi connectivity index (χ1) is 34.0. The number of carbonyl (C=O) groups is 2. The maximum absolute atomic E-state index is 13.3. The number of unbranched alkanes of at least 4 members (excludes halogenated alkanes) is 32. The maximum Gasteiger partial charge on any atom is 0.306 e. The number of esters is 1. The van der Waals surface area contributed by atoms with Crippen molar-refractivity contribution < 1.29 is 24.5 Å². The number of allylic oxidation sites excluding steroid dienone is 12. The van der Waals surface area contributed by atoms with Crippen LogP contribution in [0.3, 0.4) is 0 Å². The van der Waals surface area contributed by atoms with Gasteiger partial charge in [-0.2, -0.15) is 0 Å². The number of hydrogen-bond donors (Lipinski definition) is 3. The summed E-state index contributed by atoms with van der Waals surface area (Å²) in [6.45, 7) is 6.44. The van der Waals surface area contributed by atoms with E-state index >= 15 is 0 Å². The van der Waals surface area contributed by atoms with Crippen LogP contribution in [0.5, 0.6) is 0 Å². The fourth-order valence-electron chi connectivity index (χ4n) is 8.83. The van der Waals surface area contributed by atoms with E-state index in [4.69, 9.17) is 4.74 Å². The van der Waals surface area contributed by atoms with Gasteiger partial charge in [0.2, 0.25) is 5.91 Å². The first kappa shape index (κ1) is 66.3. The number of rotatable bonds is 53. The minimum atomic E-state index is -0.804. The van der Waals surface area contributed by atoms with E-state index in [1.807, 2.05) is 0 Å². The summed E-state index contributed by atoms with van der Waals surface area (Å²) in [6, 6.07) is -0.720. The average Bonchev–Trinajstić information content (AvgIpc) is 3.34. The molecule has 6 nitrogen and oxygen atoms in total. The number of aliphatic hydroxyl groups is 2. The summed E-state index contributed by atoms with van der Waals surface area (Å²) < 4.78 is 5.95. The Morgan fingerprint density at radius 1 is 0.435 bits per heavy atom. The van der Waals surface area contributed by atoms with Crippen LogP contribution in [0, 0.1) is 0 Å². The molecule has 6 heteroatoms. The molecule has 3 N–H and O–H groups in total. The van der Waals surface area contributed by atoms with Gasteiger partial charge in [-0.25, -0.2) is 0 Å². The highest BCUT2D eigenvalue weighted by Gasteiger charge is 2.24. The largest absolute Gasteiger partial charge is 0.462 e. The van der Waals surface area contributed by atoms with E-state index in [9.17, 15) is 19.8 Å². The highest BCUT2D eigenvalue weighted by atomic mass is 16.5. The number of nitrogens with one attached hydrogen (secondary N) is 1. The molecule has 3 unspecified atom stereocenters. The first-order valence-electron chi connectivity index (χ1n) is 29.7. The maximum atomic E-state index is 13.3. The summed E-state index contributed by atoms with van der Waals surface area (Å²) in [6.07, 6.45) is 72.5. The lowest BCUT2D eigenvalue weighted by atomic mass is 10.0. The van der Waals surface area contributed by atoms with Crippen LogP contribution < -0.4 is 5.32 Å². The second-order valence-electron chi connectivity index (χ2n) is 20.1. The average molecular weight is 965 g/mol. The van der Waals surface area contributed by atoms with Crippen molar-refractivity contribution >= 4 is 11.9 Å². The predicted molar refractivity (Wildman–Crippen MR) is 301 cm³/mol. The lowest BCUT2D eigenvalue weighted by molar-refractivity contribution is -0.151. The van der Waals surface area contributed by atoms with Gasteiger partial charge in [0.05, 0.1) is 25.2 Å². The van der Waals surface area contributed by atoms with Crippen molar-refractivity contribution in [3.8, 4) is 0 Å². The molecule has 0 heterocycles. The molecule has 0 fully saturated rings. The number of aliphatic hydroxyl groups excluding tert-OH is 2. The second-order valence-corrected chi connectivity index (χ2v) is 20.1. The van der Waals surface area contributed by atoms with E-state index in [0.29, 0.717) is 19.3 Å². The summed E-state index contributed by atoms with van der Waals surface area (Å²) >= 11 is 0. The number of carbonyl (C=O) groups excluding carboxylic acids is 2. The molecule has 0 aliphatic heterocycles. The van der Waals surface area contributed by atoms with E-state index in [0.717, 1.165) is 83.5 Å². The lowest BCUT2D eigenvalue weighted by Crippen LogP contribution is -2.46. The van der Waals surface area contributed by atoms with Crippen molar-refractivity contribution in [1.29, 1.82) is 0 Å². The molecule has 0 bridgehead atoms. The molecule has 3 atom stereocenters. The minimum Gasteiger partial charge on any atom is -0.462 e. The Bertz CT molecular complexity index is 1270. The predicted octanol–water partition coefficient (Wildman–Crippen LogP) is 18.5. The Hall–Kier alpha value is -2.70. The number of hydrogen-bond acceptors (Lipinski definition) is 5. The Morgan fingerprint density at radius 3 is 1.28 bits per heavy atom. The van der Waals surface area contributed by atoms with Crippen LogP contribution in [0.2, 0.25) is 0 Å². The molecule has 0 aromatic rings. The van der Waals surface area contributed by atoms with Gasteiger partial charge in [0.1, 0.15) is 6.10 Å². The molecule has 0 aromatic carbocycles. The monoisotopic (exact) mass is 964 g/mol. The molecule has 1 amide bonds. The van der Waals surface area contributed by atoms with Gasteiger partial charge in [-0.15, -0.1) is 0 Å². The van der Waals surface area contributed by atoms with E-state index in [1.54, 1.807) is 0 Å². The highest BCUT2D eigenvalue weighted by Crippen LogP contribution is 2.18. The fourth-order valence-corrected chi connectivity index (χ4v) is 8.83. The number of ether oxygens (including phenoxy) is 1. The summed E-state index contributed by atoms with van der Waals surface area (Å²) in [5.74, 6) is -0.516. The zero-order chi connectivity index (χ0) is 50.2. The van der Waals surface area contributed by atoms with E-state index in [2.05, 4.69) is 99.0 Å². The fraction of sp³-hybridized carbons (Fsp3) is 0.778. The SMILES string of the molecule is CCCCC/C=C\C/C=C\CCCCCCCCCC(=O)OC(CCCCC/C=C/C=C/C=C/C=C/CCCCC)CC(=O)NC(CO)C(O)CCCCCCCCCCCCCCCCCCC. The lowest BCUT2D eigenvalue weighted by Gasteiger charge is -2.24. The molecule has 0 aliphatic carbocycles. The van der Waals surface area contributed by atoms with E-state index in [-0.39, 0.29) is 24.9 Å². The molecule has 400 valence electrons. The third-order valence-electron chi connectivity index (χ3n) is 13.4. The molecule has 0 saturated carbocycles. The molecule has 0 spiro atoms. The molecule has 69 heavy (non-hydrogen) atoms. The van der Waals surface area contributed by atoms with Crippen molar-refractivity contribution in [2.75, 3.05) is 6.61 Å². The van der Waals surface area contributed by atoms with Crippen molar-refractivity contribution in [2.45, 2.75) is 309 Å². The van der Waals surface area contributed by atoms with Gasteiger partial charge in [-0.05, 0) is 83.5 Å². The van der Waals surface area contributed by atoms with Gasteiger partial charge in [-0.1, -0.05) is 267 Å². The van der Waals surface area contributed by atoms with Crippen LogP contribution in [0.25, 0.3) is 0 Å². The molecular weight excluding hydrogens is 851 g/mol. The first-order valence-corrected chi connectivity index (χ1v) is 29.7. The third-order valence-corrected chi connectivity index (χ3v) is 13.4. The van der Waals surface area contributed by atoms with E-state index in [1.165, 1.54) is 161 Å². The Kier molecular flexibility index (Phi) is 54.0. The van der Waals surface area contributed by atoms with Crippen LogP contribution in [-0.2, 0) is 14.3 Å².